The average molecular weight is 538 g/mol. The fourth-order valence-electron chi connectivity index (χ4n) is 3.80. The molecule has 0 aliphatic heterocycles. The molecule has 38 heavy (non-hydrogen) atoms. The van der Waals surface area contributed by atoms with Crippen molar-refractivity contribution in [2.75, 3.05) is 36.4 Å². The number of methoxy groups -OCH3 is 1. The van der Waals surface area contributed by atoms with Crippen molar-refractivity contribution in [2.45, 2.75) is 38.0 Å². The molecule has 0 unspecified atom stereocenters. The van der Waals surface area contributed by atoms with E-state index in [0.717, 1.165) is 15.4 Å². The number of aryl methyl sites for hydroxylation is 1. The number of anilines is 2. The van der Waals surface area contributed by atoms with Gasteiger partial charge in [-0.15, -0.1) is 0 Å². The third kappa shape index (κ3) is 7.43. The van der Waals surface area contributed by atoms with Gasteiger partial charge in [-0.3, -0.25) is 13.9 Å². The van der Waals surface area contributed by atoms with Gasteiger partial charge in [-0.25, -0.2) is 8.42 Å². The van der Waals surface area contributed by atoms with Gasteiger partial charge >= 0.3 is 0 Å². The number of nitrogens with one attached hydrogen (secondary N) is 2. The Morgan fingerprint density at radius 2 is 1.61 bits per heavy atom. The zero-order chi connectivity index (χ0) is 27.7. The predicted octanol–water partition coefficient (Wildman–Crippen LogP) is 4.72. The standard InChI is InChI=1S/C29H35N3O5S/c1-21(2)23-12-14-24(15-13-23)32(38(35,36)25-16-10-22(3)11-17-25)20-28(33)31-27-9-6-5-8-26(27)29(34)30-18-7-19-37-4/h5-6,8-17,21H,7,18-20H2,1-4H3,(H,30,34)(H,31,33). The van der Waals surface area contributed by atoms with E-state index in [1.165, 1.54) is 12.1 Å². The van der Waals surface area contributed by atoms with Crippen LogP contribution in [0.15, 0.2) is 77.7 Å². The van der Waals surface area contributed by atoms with Crippen molar-refractivity contribution in [2.24, 2.45) is 0 Å². The Hall–Kier alpha value is -3.69. The van der Waals surface area contributed by atoms with Crippen molar-refractivity contribution in [1.82, 2.24) is 5.32 Å². The molecule has 0 saturated heterocycles. The molecule has 0 aromatic heterocycles. The van der Waals surface area contributed by atoms with Crippen LogP contribution in [-0.4, -0.2) is 47.0 Å². The summed E-state index contributed by atoms with van der Waals surface area (Å²) >= 11 is 0. The predicted molar refractivity (Wildman–Crippen MR) is 150 cm³/mol. The molecule has 0 aliphatic carbocycles. The van der Waals surface area contributed by atoms with Crippen LogP contribution >= 0.6 is 0 Å². The third-order valence-electron chi connectivity index (χ3n) is 6.00. The molecule has 2 amide bonds. The molecule has 9 heteroatoms. The van der Waals surface area contributed by atoms with Crippen molar-refractivity contribution in [3.05, 3.63) is 89.5 Å². The zero-order valence-corrected chi connectivity index (χ0v) is 23.0. The van der Waals surface area contributed by atoms with E-state index in [1.54, 1.807) is 55.6 Å². The highest BCUT2D eigenvalue weighted by Gasteiger charge is 2.28. The largest absolute Gasteiger partial charge is 0.385 e. The molecule has 0 bridgehead atoms. The van der Waals surface area contributed by atoms with Gasteiger partial charge in [0.05, 0.1) is 21.8 Å². The van der Waals surface area contributed by atoms with E-state index in [0.29, 0.717) is 30.9 Å². The zero-order valence-electron chi connectivity index (χ0n) is 22.2. The van der Waals surface area contributed by atoms with Gasteiger partial charge in [-0.2, -0.15) is 0 Å². The van der Waals surface area contributed by atoms with Crippen LogP contribution in [0.4, 0.5) is 11.4 Å². The monoisotopic (exact) mass is 537 g/mol. The Kier molecular flexibility index (Phi) is 10.0. The molecule has 0 heterocycles. The smallest absolute Gasteiger partial charge is 0.264 e. The van der Waals surface area contributed by atoms with Crippen LogP contribution in [-0.2, 0) is 19.6 Å². The highest BCUT2D eigenvalue weighted by molar-refractivity contribution is 7.92. The number of hydrogen-bond acceptors (Lipinski definition) is 5. The molecular weight excluding hydrogens is 502 g/mol. The molecule has 0 atom stereocenters. The number of para-hydroxylation sites is 1. The van der Waals surface area contributed by atoms with E-state index in [9.17, 15) is 18.0 Å². The number of rotatable bonds is 12. The van der Waals surface area contributed by atoms with Gasteiger partial charge in [-0.05, 0) is 61.2 Å². The van der Waals surface area contributed by atoms with E-state index in [4.69, 9.17) is 4.74 Å². The molecule has 0 fully saturated rings. The van der Waals surface area contributed by atoms with E-state index in [-0.39, 0.29) is 22.3 Å². The highest BCUT2D eigenvalue weighted by atomic mass is 32.2. The first kappa shape index (κ1) is 28.9. The number of amides is 2. The Labute approximate surface area is 225 Å². The minimum Gasteiger partial charge on any atom is -0.385 e. The highest BCUT2D eigenvalue weighted by Crippen LogP contribution is 2.26. The van der Waals surface area contributed by atoms with E-state index < -0.39 is 22.5 Å². The van der Waals surface area contributed by atoms with Gasteiger partial charge in [0.25, 0.3) is 15.9 Å². The van der Waals surface area contributed by atoms with Crippen LogP contribution in [0.2, 0.25) is 0 Å². The molecule has 3 aromatic rings. The summed E-state index contributed by atoms with van der Waals surface area (Å²) in [6.45, 7) is 6.44. The normalized spacial score (nSPS) is 11.3. The SMILES string of the molecule is COCCCNC(=O)c1ccccc1NC(=O)CN(c1ccc(C(C)C)cc1)S(=O)(=O)c1ccc(C)cc1. The molecular formula is C29H35N3O5S. The fraction of sp³-hybridized carbons (Fsp3) is 0.310. The van der Waals surface area contributed by atoms with E-state index >= 15 is 0 Å². The topological polar surface area (TPSA) is 105 Å². The molecule has 202 valence electrons. The summed E-state index contributed by atoms with van der Waals surface area (Å²) in [7, 11) is -2.46. The van der Waals surface area contributed by atoms with Gasteiger partial charge in [0, 0.05) is 20.3 Å². The van der Waals surface area contributed by atoms with Crippen LogP contribution < -0.4 is 14.9 Å². The van der Waals surface area contributed by atoms with Crippen molar-refractivity contribution >= 4 is 33.2 Å². The van der Waals surface area contributed by atoms with E-state index in [1.807, 2.05) is 19.1 Å². The average Bonchev–Trinajstić information content (AvgIpc) is 2.90. The van der Waals surface area contributed by atoms with Crippen LogP contribution in [0.5, 0.6) is 0 Å². The first-order valence-corrected chi connectivity index (χ1v) is 13.9. The van der Waals surface area contributed by atoms with Crippen LogP contribution in [0.1, 0.15) is 47.7 Å². The van der Waals surface area contributed by atoms with Crippen molar-refractivity contribution < 1.29 is 22.7 Å². The van der Waals surface area contributed by atoms with Crippen molar-refractivity contribution in [3.8, 4) is 0 Å². The molecule has 0 spiro atoms. The summed E-state index contributed by atoms with van der Waals surface area (Å²) in [6.07, 6.45) is 0.651. The van der Waals surface area contributed by atoms with E-state index in [2.05, 4.69) is 24.5 Å². The van der Waals surface area contributed by atoms with Crippen LogP contribution in [0, 0.1) is 6.92 Å². The third-order valence-corrected chi connectivity index (χ3v) is 7.79. The minimum absolute atomic E-state index is 0.0830. The molecule has 0 radical (unpaired) electrons. The number of nitrogens with zero attached hydrogens (tertiary/aromatic N) is 1. The second-order valence-electron chi connectivity index (χ2n) is 9.27. The maximum Gasteiger partial charge on any atom is 0.264 e. The Morgan fingerprint density at radius 3 is 2.24 bits per heavy atom. The summed E-state index contributed by atoms with van der Waals surface area (Å²) in [4.78, 5) is 26.0. The number of carbonyl (C=O) groups is 2. The number of hydrogen-bond donors (Lipinski definition) is 2. The molecule has 3 rings (SSSR count). The lowest BCUT2D eigenvalue weighted by molar-refractivity contribution is -0.114. The number of carbonyl (C=O) groups excluding carboxylic acids is 2. The molecule has 0 saturated carbocycles. The summed E-state index contributed by atoms with van der Waals surface area (Å²) < 4.78 is 33.4. The summed E-state index contributed by atoms with van der Waals surface area (Å²) in [5.74, 6) is -0.648. The van der Waals surface area contributed by atoms with Crippen LogP contribution in [0.25, 0.3) is 0 Å². The number of sulfonamides is 1. The van der Waals surface area contributed by atoms with Crippen molar-refractivity contribution in [1.29, 1.82) is 0 Å². The van der Waals surface area contributed by atoms with Crippen molar-refractivity contribution in [3.63, 3.8) is 0 Å². The second-order valence-corrected chi connectivity index (χ2v) is 11.1. The summed E-state index contributed by atoms with van der Waals surface area (Å²) in [6, 6.07) is 20.2. The lowest BCUT2D eigenvalue weighted by atomic mass is 10.0. The fourth-order valence-corrected chi connectivity index (χ4v) is 5.22. The minimum atomic E-state index is -4.05. The summed E-state index contributed by atoms with van der Waals surface area (Å²) in [5.41, 5.74) is 2.93. The molecule has 3 aromatic carbocycles. The second kappa shape index (κ2) is 13.2. The Morgan fingerprint density at radius 1 is 0.947 bits per heavy atom. The van der Waals surface area contributed by atoms with Gasteiger partial charge in [0.15, 0.2) is 0 Å². The molecule has 8 nitrogen and oxygen atoms in total. The Bertz CT molecular complexity index is 1340. The number of ether oxygens (including phenoxy) is 1. The Balaban J connectivity index is 1.87. The maximum absolute atomic E-state index is 13.7. The lowest BCUT2D eigenvalue weighted by Crippen LogP contribution is -2.38. The van der Waals surface area contributed by atoms with Gasteiger partial charge in [0.2, 0.25) is 5.91 Å². The van der Waals surface area contributed by atoms with Gasteiger partial charge in [0.1, 0.15) is 6.54 Å². The number of benzene rings is 3. The first-order chi connectivity index (χ1) is 18.1. The lowest BCUT2D eigenvalue weighted by Gasteiger charge is -2.25. The molecule has 0 aliphatic rings. The van der Waals surface area contributed by atoms with Gasteiger partial charge < -0.3 is 15.4 Å². The quantitative estimate of drug-likeness (QED) is 0.325. The van der Waals surface area contributed by atoms with Crippen LogP contribution in [0.3, 0.4) is 0 Å². The first-order valence-electron chi connectivity index (χ1n) is 12.5. The summed E-state index contributed by atoms with van der Waals surface area (Å²) in [5, 5.41) is 5.53. The van der Waals surface area contributed by atoms with Gasteiger partial charge in [-0.1, -0.05) is 55.8 Å². The maximum atomic E-state index is 13.7. The molecule has 2 N–H and O–H groups in total.